The summed E-state index contributed by atoms with van der Waals surface area (Å²) in [5, 5.41) is 50.2. The Bertz CT molecular complexity index is 1160. The Labute approximate surface area is 382 Å². The Morgan fingerprint density at radius 1 is 0.476 bits per heavy atom. The quantitative estimate of drug-likeness (QED) is 0.0146. The lowest BCUT2D eigenvalue weighted by molar-refractivity contribution is -0.220. The molecule has 0 bridgehead atoms. The van der Waals surface area contributed by atoms with E-state index < -0.39 is 75.7 Å². The summed E-state index contributed by atoms with van der Waals surface area (Å²) in [6, 6.07) is 0. The van der Waals surface area contributed by atoms with Gasteiger partial charge in [-0.3, -0.25) is 18.6 Å². The van der Waals surface area contributed by atoms with Crippen molar-refractivity contribution in [2.45, 2.75) is 275 Å². The highest BCUT2D eigenvalue weighted by atomic mass is 31.2. The number of esters is 2. The number of hydrogen-bond acceptors (Lipinski definition) is 12. The summed E-state index contributed by atoms with van der Waals surface area (Å²) in [4.78, 5) is 35.7. The van der Waals surface area contributed by atoms with Gasteiger partial charge in [-0.2, -0.15) is 0 Å². The number of aliphatic hydroxyl groups excluding tert-OH is 5. The largest absolute Gasteiger partial charge is 0.472 e. The zero-order chi connectivity index (χ0) is 46.4. The molecule has 14 heteroatoms. The average molecular weight is 921 g/mol. The third-order valence-electron chi connectivity index (χ3n) is 12.1. The molecular weight excluding hydrogens is 827 g/mol. The number of carbonyl (C=O) groups is 2. The van der Waals surface area contributed by atoms with E-state index in [0.717, 1.165) is 57.8 Å². The van der Waals surface area contributed by atoms with Crippen LogP contribution in [0, 0.1) is 0 Å². The summed E-state index contributed by atoms with van der Waals surface area (Å²) in [5.41, 5.74) is 0. The van der Waals surface area contributed by atoms with Crippen molar-refractivity contribution in [2.24, 2.45) is 0 Å². The maximum Gasteiger partial charge on any atom is 0.472 e. The third-order valence-corrected chi connectivity index (χ3v) is 13.1. The fourth-order valence-electron chi connectivity index (χ4n) is 7.98. The molecule has 0 amide bonds. The maximum atomic E-state index is 12.8. The fraction of sp³-hybridized carbons (Fsp3) is 0.918. The molecule has 8 atom stereocenters. The minimum Gasteiger partial charge on any atom is -0.462 e. The molecule has 372 valence electrons. The monoisotopic (exact) mass is 921 g/mol. The summed E-state index contributed by atoms with van der Waals surface area (Å²) in [7, 11) is -5.11. The highest BCUT2D eigenvalue weighted by Gasteiger charge is 2.51. The van der Waals surface area contributed by atoms with Gasteiger partial charge in [0.1, 0.15) is 43.2 Å². The van der Waals surface area contributed by atoms with Crippen molar-refractivity contribution in [1.82, 2.24) is 0 Å². The number of hydrogen-bond donors (Lipinski definition) is 6. The van der Waals surface area contributed by atoms with E-state index >= 15 is 0 Å². The van der Waals surface area contributed by atoms with Crippen LogP contribution in [0.3, 0.4) is 0 Å². The van der Waals surface area contributed by atoms with Crippen LogP contribution in [0.1, 0.15) is 232 Å². The van der Waals surface area contributed by atoms with Gasteiger partial charge in [0.05, 0.1) is 6.61 Å². The summed E-state index contributed by atoms with van der Waals surface area (Å²) in [5.74, 6) is -1.10. The van der Waals surface area contributed by atoms with E-state index in [4.69, 9.17) is 18.5 Å². The summed E-state index contributed by atoms with van der Waals surface area (Å²) in [6.45, 7) is 3.28. The maximum absolute atomic E-state index is 12.8. The molecule has 1 aliphatic carbocycles. The lowest BCUT2D eigenvalue weighted by Crippen LogP contribution is -2.64. The predicted octanol–water partition coefficient (Wildman–Crippen LogP) is 10.6. The average Bonchev–Trinajstić information content (AvgIpc) is 3.26. The smallest absolute Gasteiger partial charge is 0.462 e. The van der Waals surface area contributed by atoms with Crippen LogP contribution < -0.4 is 0 Å². The standard InChI is InChI=1S/C49H93O13P/c1-3-5-7-9-11-13-15-16-17-18-19-20-21-22-23-24-25-26-28-30-32-34-36-38-43(51)61-41(39-59-42(50)37-35-33-31-29-27-14-12-10-8-6-4-2)40-60-63(57,58)62-49-47(55)45(53)44(52)46(54)48(49)56/h10,12,41,44-49,52-56H,3-9,11,13-40H2,1-2H3,(H,57,58)/b12-10+/t41-,44?,45-,46?,47?,48?,49?/m1/s1. The van der Waals surface area contributed by atoms with E-state index in [1.54, 1.807) is 0 Å². The molecule has 6 unspecified atom stereocenters. The molecule has 0 spiro atoms. The van der Waals surface area contributed by atoms with Crippen LogP contribution in [-0.4, -0.2) is 98.3 Å². The van der Waals surface area contributed by atoms with E-state index in [1.807, 2.05) is 0 Å². The van der Waals surface area contributed by atoms with E-state index in [1.165, 1.54) is 135 Å². The van der Waals surface area contributed by atoms with Crippen molar-refractivity contribution in [3.63, 3.8) is 0 Å². The summed E-state index contributed by atoms with van der Waals surface area (Å²) >= 11 is 0. The fourth-order valence-corrected chi connectivity index (χ4v) is 8.95. The second-order valence-corrected chi connectivity index (χ2v) is 19.4. The first-order valence-electron chi connectivity index (χ1n) is 25.5. The van der Waals surface area contributed by atoms with Crippen LogP contribution in [0.15, 0.2) is 12.2 Å². The second kappa shape index (κ2) is 39.7. The number of phosphoric acid groups is 1. The van der Waals surface area contributed by atoms with Crippen LogP contribution >= 0.6 is 7.82 Å². The molecule has 1 aliphatic rings. The van der Waals surface area contributed by atoms with E-state index in [2.05, 4.69) is 26.0 Å². The van der Waals surface area contributed by atoms with Crippen molar-refractivity contribution in [3.05, 3.63) is 12.2 Å². The number of phosphoric ester groups is 1. The molecule has 0 aliphatic heterocycles. The van der Waals surface area contributed by atoms with Crippen molar-refractivity contribution in [3.8, 4) is 0 Å². The first-order valence-corrected chi connectivity index (χ1v) is 27.0. The number of aliphatic hydroxyl groups is 5. The molecule has 0 radical (unpaired) electrons. The molecule has 1 saturated carbocycles. The van der Waals surface area contributed by atoms with Crippen LogP contribution in [0.25, 0.3) is 0 Å². The Morgan fingerprint density at radius 2 is 0.825 bits per heavy atom. The van der Waals surface area contributed by atoms with Crippen LogP contribution in [0.2, 0.25) is 0 Å². The summed E-state index contributed by atoms with van der Waals surface area (Å²) < 4.78 is 33.6. The Kier molecular flexibility index (Phi) is 37.6. The van der Waals surface area contributed by atoms with Gasteiger partial charge in [0.15, 0.2) is 6.10 Å². The predicted molar refractivity (Wildman–Crippen MR) is 249 cm³/mol. The van der Waals surface area contributed by atoms with Gasteiger partial charge >= 0.3 is 19.8 Å². The molecule has 6 N–H and O–H groups in total. The van der Waals surface area contributed by atoms with Gasteiger partial charge in [-0.1, -0.05) is 199 Å². The first kappa shape index (κ1) is 59.6. The number of carbonyl (C=O) groups excluding carboxylic acids is 2. The lowest BCUT2D eigenvalue weighted by Gasteiger charge is -2.41. The molecule has 1 fully saturated rings. The minimum absolute atomic E-state index is 0.101. The Hall–Kier alpha value is -1.41. The molecule has 63 heavy (non-hydrogen) atoms. The van der Waals surface area contributed by atoms with Crippen molar-refractivity contribution in [2.75, 3.05) is 13.2 Å². The zero-order valence-electron chi connectivity index (χ0n) is 39.6. The third kappa shape index (κ3) is 32.0. The van der Waals surface area contributed by atoms with Gasteiger partial charge in [-0.25, -0.2) is 4.57 Å². The van der Waals surface area contributed by atoms with Gasteiger partial charge in [0, 0.05) is 12.8 Å². The van der Waals surface area contributed by atoms with Crippen molar-refractivity contribution >= 4 is 19.8 Å². The second-order valence-electron chi connectivity index (χ2n) is 18.0. The molecule has 0 heterocycles. The van der Waals surface area contributed by atoms with Gasteiger partial charge in [-0.05, 0) is 32.1 Å². The molecule has 0 aromatic carbocycles. The minimum atomic E-state index is -5.11. The van der Waals surface area contributed by atoms with E-state index in [9.17, 15) is 44.6 Å². The molecule has 0 aromatic heterocycles. The highest BCUT2D eigenvalue weighted by molar-refractivity contribution is 7.47. The highest BCUT2D eigenvalue weighted by Crippen LogP contribution is 2.47. The molecule has 0 aromatic rings. The number of allylic oxidation sites excluding steroid dienone is 2. The van der Waals surface area contributed by atoms with Crippen LogP contribution in [0.5, 0.6) is 0 Å². The number of unbranched alkanes of at least 4 members (excludes halogenated alkanes) is 29. The molecule has 0 saturated heterocycles. The zero-order valence-corrected chi connectivity index (χ0v) is 40.5. The molecular formula is C49H93O13P. The lowest BCUT2D eigenvalue weighted by atomic mass is 9.85. The van der Waals surface area contributed by atoms with Crippen LogP contribution in [0.4, 0.5) is 0 Å². The molecule has 1 rings (SSSR count). The van der Waals surface area contributed by atoms with Gasteiger partial charge in [0.25, 0.3) is 0 Å². The number of ether oxygens (including phenoxy) is 2. The van der Waals surface area contributed by atoms with Crippen molar-refractivity contribution < 1.29 is 63.1 Å². The van der Waals surface area contributed by atoms with Gasteiger partial charge in [-0.15, -0.1) is 0 Å². The van der Waals surface area contributed by atoms with Gasteiger partial charge in [0.2, 0.25) is 0 Å². The van der Waals surface area contributed by atoms with E-state index in [-0.39, 0.29) is 12.8 Å². The Morgan fingerprint density at radius 3 is 1.25 bits per heavy atom. The molecule has 13 nitrogen and oxygen atoms in total. The SMILES string of the molecule is CCCC/C=C/CCCCCCCC(=O)OC[C@H](COP(=O)(O)OC1C(O)C(O)C(O)[C@@H](O)C1O)OC(=O)CCCCCCCCCCCCCCCCCCCCCCCCC. The normalized spacial score (nSPS) is 21.7. The van der Waals surface area contributed by atoms with E-state index in [0.29, 0.717) is 12.8 Å². The Balaban J connectivity index is 2.33. The number of rotatable bonds is 43. The first-order chi connectivity index (χ1) is 30.4. The van der Waals surface area contributed by atoms with Crippen LogP contribution in [-0.2, 0) is 32.7 Å². The summed E-state index contributed by atoms with van der Waals surface area (Å²) in [6.07, 6.45) is 30.0. The topological polar surface area (TPSA) is 210 Å². The van der Waals surface area contributed by atoms with Crippen molar-refractivity contribution in [1.29, 1.82) is 0 Å². The van der Waals surface area contributed by atoms with Gasteiger partial charge < -0.3 is 39.9 Å².